The maximum Gasteiger partial charge on any atom is 0.129 e. The van der Waals surface area contributed by atoms with E-state index in [1.165, 1.54) is 6.07 Å². The van der Waals surface area contributed by atoms with E-state index in [9.17, 15) is 4.39 Å². The molecule has 0 fully saturated rings. The molecular weight excluding hydrogens is 213 g/mol. The van der Waals surface area contributed by atoms with Crippen molar-refractivity contribution in [3.05, 3.63) is 34.6 Å². The summed E-state index contributed by atoms with van der Waals surface area (Å²) in [5, 5.41) is 3.72. The molecule has 0 saturated carbocycles. The van der Waals surface area contributed by atoms with Gasteiger partial charge in [0.05, 0.1) is 0 Å². The van der Waals surface area contributed by atoms with Gasteiger partial charge >= 0.3 is 0 Å². The van der Waals surface area contributed by atoms with Gasteiger partial charge in [-0.15, -0.1) is 0 Å². The van der Waals surface area contributed by atoms with E-state index in [0.29, 0.717) is 16.5 Å². The molecule has 0 aliphatic rings. The second kappa shape index (κ2) is 5.47. The van der Waals surface area contributed by atoms with Crippen LogP contribution in [0.15, 0.2) is 18.2 Å². The molecular formula is C12H17ClFN. The zero-order chi connectivity index (χ0) is 11.4. The van der Waals surface area contributed by atoms with Crippen molar-refractivity contribution in [2.24, 2.45) is 5.92 Å². The molecule has 0 aromatic heterocycles. The Kier molecular flexibility index (Phi) is 4.55. The Labute approximate surface area is 95.6 Å². The summed E-state index contributed by atoms with van der Waals surface area (Å²) in [6.07, 6.45) is 0. The quantitative estimate of drug-likeness (QED) is 0.829. The molecule has 0 amide bonds. The molecule has 1 aromatic carbocycles. The first-order chi connectivity index (χ1) is 7.06. The largest absolute Gasteiger partial charge is 0.310 e. The van der Waals surface area contributed by atoms with E-state index < -0.39 is 0 Å². The average molecular weight is 230 g/mol. The molecule has 0 saturated heterocycles. The van der Waals surface area contributed by atoms with E-state index in [-0.39, 0.29) is 11.9 Å². The molecule has 1 atom stereocenters. The van der Waals surface area contributed by atoms with Gasteiger partial charge in [0.2, 0.25) is 0 Å². The lowest BCUT2D eigenvalue weighted by Crippen LogP contribution is -2.26. The fourth-order valence-corrected chi connectivity index (χ4v) is 1.84. The van der Waals surface area contributed by atoms with Gasteiger partial charge in [-0.3, -0.25) is 0 Å². The van der Waals surface area contributed by atoms with Gasteiger partial charge in [0.25, 0.3) is 0 Å². The van der Waals surface area contributed by atoms with E-state index in [1.807, 2.05) is 6.92 Å². The van der Waals surface area contributed by atoms with E-state index in [4.69, 9.17) is 11.6 Å². The van der Waals surface area contributed by atoms with Crippen LogP contribution in [0.1, 0.15) is 32.4 Å². The number of halogens is 2. The van der Waals surface area contributed by atoms with Crippen molar-refractivity contribution < 1.29 is 4.39 Å². The minimum Gasteiger partial charge on any atom is -0.310 e. The molecule has 0 spiro atoms. The predicted molar refractivity (Wildman–Crippen MR) is 62.7 cm³/mol. The van der Waals surface area contributed by atoms with Crippen LogP contribution in [-0.2, 0) is 0 Å². The SMILES string of the molecule is CCNC(c1ccc(Cl)cc1F)C(C)C. The summed E-state index contributed by atoms with van der Waals surface area (Å²) in [4.78, 5) is 0. The molecule has 1 N–H and O–H groups in total. The fraction of sp³-hybridized carbons (Fsp3) is 0.500. The van der Waals surface area contributed by atoms with Gasteiger partial charge in [0, 0.05) is 16.6 Å². The van der Waals surface area contributed by atoms with Crippen molar-refractivity contribution in [2.75, 3.05) is 6.54 Å². The predicted octanol–water partition coefficient (Wildman–Crippen LogP) is 3.79. The zero-order valence-electron chi connectivity index (χ0n) is 9.35. The maximum absolute atomic E-state index is 13.7. The number of rotatable bonds is 4. The minimum atomic E-state index is -0.234. The summed E-state index contributed by atoms with van der Waals surface area (Å²) in [5.74, 6) is 0.114. The number of nitrogens with one attached hydrogen (secondary N) is 1. The van der Waals surface area contributed by atoms with Gasteiger partial charge in [-0.05, 0) is 24.6 Å². The molecule has 0 aliphatic carbocycles. The molecule has 1 rings (SSSR count). The first-order valence-corrected chi connectivity index (χ1v) is 5.62. The highest BCUT2D eigenvalue weighted by Crippen LogP contribution is 2.25. The molecule has 15 heavy (non-hydrogen) atoms. The molecule has 0 radical (unpaired) electrons. The lowest BCUT2D eigenvalue weighted by Gasteiger charge is -2.22. The monoisotopic (exact) mass is 229 g/mol. The van der Waals surface area contributed by atoms with Crippen molar-refractivity contribution in [2.45, 2.75) is 26.8 Å². The Balaban J connectivity index is 3.00. The molecule has 0 heterocycles. The second-order valence-electron chi connectivity index (χ2n) is 3.95. The average Bonchev–Trinajstić information content (AvgIpc) is 2.15. The summed E-state index contributed by atoms with van der Waals surface area (Å²) < 4.78 is 13.7. The number of hydrogen-bond acceptors (Lipinski definition) is 1. The highest BCUT2D eigenvalue weighted by atomic mass is 35.5. The number of benzene rings is 1. The van der Waals surface area contributed by atoms with Crippen LogP contribution in [0.4, 0.5) is 4.39 Å². The standard InChI is InChI=1S/C12H17ClFN/c1-4-15-12(8(2)3)10-6-5-9(13)7-11(10)14/h5-8,12,15H,4H2,1-3H3. The lowest BCUT2D eigenvalue weighted by molar-refractivity contribution is 0.406. The minimum absolute atomic E-state index is 0.0484. The van der Waals surface area contributed by atoms with E-state index in [0.717, 1.165) is 6.54 Å². The van der Waals surface area contributed by atoms with Crippen molar-refractivity contribution in [3.8, 4) is 0 Å². The Morgan fingerprint density at radius 2 is 2.07 bits per heavy atom. The van der Waals surface area contributed by atoms with Crippen LogP contribution in [0.25, 0.3) is 0 Å². The van der Waals surface area contributed by atoms with Crippen LogP contribution in [0.3, 0.4) is 0 Å². The molecule has 0 aliphatic heterocycles. The van der Waals surface area contributed by atoms with Crippen LogP contribution in [0.2, 0.25) is 5.02 Å². The second-order valence-corrected chi connectivity index (χ2v) is 4.38. The third kappa shape index (κ3) is 3.18. The van der Waals surface area contributed by atoms with E-state index in [1.54, 1.807) is 12.1 Å². The van der Waals surface area contributed by atoms with Crippen LogP contribution in [-0.4, -0.2) is 6.54 Å². The third-order valence-electron chi connectivity index (χ3n) is 2.39. The molecule has 1 aromatic rings. The van der Waals surface area contributed by atoms with Gasteiger partial charge in [-0.2, -0.15) is 0 Å². The summed E-state index contributed by atoms with van der Waals surface area (Å²) in [6.45, 7) is 6.98. The van der Waals surface area contributed by atoms with Gasteiger partial charge in [0.15, 0.2) is 0 Å². The van der Waals surface area contributed by atoms with Crippen LogP contribution in [0, 0.1) is 11.7 Å². The molecule has 84 valence electrons. The van der Waals surface area contributed by atoms with Crippen molar-refractivity contribution in [3.63, 3.8) is 0 Å². The summed E-state index contributed by atoms with van der Waals surface area (Å²) in [5.41, 5.74) is 0.691. The Hall–Kier alpha value is -0.600. The lowest BCUT2D eigenvalue weighted by atomic mass is 9.95. The summed E-state index contributed by atoms with van der Waals surface area (Å²) in [6, 6.07) is 4.90. The van der Waals surface area contributed by atoms with Crippen molar-refractivity contribution in [1.29, 1.82) is 0 Å². The number of hydrogen-bond donors (Lipinski definition) is 1. The van der Waals surface area contributed by atoms with Gasteiger partial charge < -0.3 is 5.32 Å². The Bertz CT molecular complexity index is 325. The van der Waals surface area contributed by atoms with Gasteiger partial charge in [-0.25, -0.2) is 4.39 Å². The highest BCUT2D eigenvalue weighted by Gasteiger charge is 2.18. The maximum atomic E-state index is 13.7. The van der Waals surface area contributed by atoms with E-state index in [2.05, 4.69) is 19.2 Å². The zero-order valence-corrected chi connectivity index (χ0v) is 10.1. The van der Waals surface area contributed by atoms with Crippen molar-refractivity contribution >= 4 is 11.6 Å². The first kappa shape index (κ1) is 12.5. The fourth-order valence-electron chi connectivity index (χ4n) is 1.68. The normalized spacial score (nSPS) is 13.2. The Morgan fingerprint density at radius 1 is 1.40 bits per heavy atom. The van der Waals surface area contributed by atoms with Crippen molar-refractivity contribution in [1.82, 2.24) is 5.32 Å². The van der Waals surface area contributed by atoms with Crippen LogP contribution < -0.4 is 5.32 Å². The van der Waals surface area contributed by atoms with E-state index >= 15 is 0 Å². The first-order valence-electron chi connectivity index (χ1n) is 5.24. The third-order valence-corrected chi connectivity index (χ3v) is 2.62. The highest BCUT2D eigenvalue weighted by molar-refractivity contribution is 6.30. The molecule has 1 nitrogen and oxygen atoms in total. The molecule has 3 heteroatoms. The van der Waals surface area contributed by atoms with Crippen LogP contribution >= 0.6 is 11.6 Å². The molecule has 0 bridgehead atoms. The van der Waals surface area contributed by atoms with Gasteiger partial charge in [-0.1, -0.05) is 38.4 Å². The topological polar surface area (TPSA) is 12.0 Å². The van der Waals surface area contributed by atoms with Crippen LogP contribution in [0.5, 0.6) is 0 Å². The summed E-state index contributed by atoms with van der Waals surface area (Å²) >= 11 is 5.72. The van der Waals surface area contributed by atoms with Gasteiger partial charge in [0.1, 0.15) is 5.82 Å². The molecule has 1 unspecified atom stereocenters. The summed E-state index contributed by atoms with van der Waals surface area (Å²) in [7, 11) is 0. The smallest absolute Gasteiger partial charge is 0.129 e. The Morgan fingerprint density at radius 3 is 2.53 bits per heavy atom.